The van der Waals surface area contributed by atoms with Crippen LogP contribution in [0.2, 0.25) is 0 Å². The minimum absolute atomic E-state index is 0.229. The molecule has 4 aromatic rings. The van der Waals surface area contributed by atoms with Gasteiger partial charge in [0.2, 0.25) is 0 Å². The number of hydrogen-bond donors (Lipinski definition) is 0. The van der Waals surface area contributed by atoms with Crippen LogP contribution in [0.25, 0.3) is 21.5 Å². The monoisotopic (exact) mass is 451 g/mol. The summed E-state index contributed by atoms with van der Waals surface area (Å²) in [6.45, 7) is 2.09. The molecule has 0 bridgehead atoms. The van der Waals surface area contributed by atoms with Gasteiger partial charge in [-0.25, -0.2) is 14.5 Å². The molecule has 32 heavy (non-hydrogen) atoms. The number of fused-ring (bicyclic) bond motifs is 1. The van der Waals surface area contributed by atoms with Crippen molar-refractivity contribution < 1.29 is 19.0 Å². The van der Waals surface area contributed by atoms with Gasteiger partial charge < -0.3 is 14.2 Å². The first kappa shape index (κ1) is 21.5. The number of methoxy groups -OCH3 is 3. The molecule has 0 atom stereocenters. The van der Waals surface area contributed by atoms with Crippen molar-refractivity contribution >= 4 is 27.5 Å². The Kier molecular flexibility index (Phi) is 5.91. The molecule has 0 amide bonds. The first-order valence-corrected chi connectivity index (χ1v) is 10.5. The molecule has 0 unspecified atom stereocenters. The fourth-order valence-corrected chi connectivity index (χ4v) is 4.30. The SMILES string of the molecule is COC(=O)c1ccc(Cn2nc(-c3ccc(OC)c(OC)c3)c3sc(C)nc3c2=O)cc1. The summed E-state index contributed by atoms with van der Waals surface area (Å²) < 4.78 is 17.6. The van der Waals surface area contributed by atoms with E-state index in [1.165, 1.54) is 23.1 Å². The molecule has 0 aliphatic heterocycles. The van der Waals surface area contributed by atoms with E-state index in [1.54, 1.807) is 44.6 Å². The topological polar surface area (TPSA) is 92.5 Å². The summed E-state index contributed by atoms with van der Waals surface area (Å²) >= 11 is 1.42. The summed E-state index contributed by atoms with van der Waals surface area (Å²) in [6.07, 6.45) is 0. The van der Waals surface area contributed by atoms with Gasteiger partial charge in [-0.05, 0) is 42.8 Å². The van der Waals surface area contributed by atoms with Crippen LogP contribution in [0, 0.1) is 6.92 Å². The average molecular weight is 452 g/mol. The molecule has 0 saturated heterocycles. The smallest absolute Gasteiger partial charge is 0.337 e. The van der Waals surface area contributed by atoms with Gasteiger partial charge in [-0.1, -0.05) is 12.1 Å². The molecule has 0 radical (unpaired) electrons. The van der Waals surface area contributed by atoms with E-state index < -0.39 is 5.97 Å². The van der Waals surface area contributed by atoms with Gasteiger partial charge in [0, 0.05) is 5.56 Å². The molecule has 2 aromatic carbocycles. The van der Waals surface area contributed by atoms with Crippen molar-refractivity contribution in [1.29, 1.82) is 0 Å². The Morgan fingerprint density at radius 2 is 1.75 bits per heavy atom. The molecule has 0 aliphatic rings. The van der Waals surface area contributed by atoms with Crippen molar-refractivity contribution in [2.75, 3.05) is 21.3 Å². The lowest BCUT2D eigenvalue weighted by molar-refractivity contribution is 0.0600. The van der Waals surface area contributed by atoms with E-state index in [4.69, 9.17) is 14.2 Å². The normalized spacial score (nSPS) is 10.9. The fraction of sp³-hybridized carbons (Fsp3) is 0.217. The molecular weight excluding hydrogens is 430 g/mol. The number of ether oxygens (including phenoxy) is 3. The highest BCUT2D eigenvalue weighted by Gasteiger charge is 2.18. The van der Waals surface area contributed by atoms with E-state index in [0.29, 0.717) is 28.3 Å². The first-order valence-electron chi connectivity index (χ1n) is 9.73. The number of benzene rings is 2. The number of carbonyl (C=O) groups excluding carboxylic acids is 1. The Balaban J connectivity index is 1.82. The van der Waals surface area contributed by atoms with Gasteiger partial charge in [0.1, 0.15) is 5.69 Å². The minimum Gasteiger partial charge on any atom is -0.493 e. The zero-order valence-electron chi connectivity index (χ0n) is 18.0. The van der Waals surface area contributed by atoms with Crippen molar-refractivity contribution in [3.63, 3.8) is 0 Å². The molecule has 0 saturated carbocycles. The second-order valence-electron chi connectivity index (χ2n) is 6.98. The predicted octanol–water partition coefficient (Wildman–Crippen LogP) is 3.68. The lowest BCUT2D eigenvalue weighted by atomic mass is 10.1. The van der Waals surface area contributed by atoms with E-state index in [0.717, 1.165) is 20.8 Å². The van der Waals surface area contributed by atoms with E-state index >= 15 is 0 Å². The molecule has 8 nitrogen and oxygen atoms in total. The van der Waals surface area contributed by atoms with Gasteiger partial charge in [-0.2, -0.15) is 5.10 Å². The van der Waals surface area contributed by atoms with E-state index in [2.05, 4.69) is 10.1 Å². The van der Waals surface area contributed by atoms with E-state index in [-0.39, 0.29) is 12.1 Å². The van der Waals surface area contributed by atoms with Crippen molar-refractivity contribution in [1.82, 2.24) is 14.8 Å². The second kappa shape index (κ2) is 8.80. The number of thiazole rings is 1. The van der Waals surface area contributed by atoms with Crippen LogP contribution in [0.3, 0.4) is 0 Å². The third kappa shape index (κ3) is 3.94. The predicted molar refractivity (Wildman–Crippen MR) is 122 cm³/mol. The highest BCUT2D eigenvalue weighted by atomic mass is 32.1. The quantitative estimate of drug-likeness (QED) is 0.413. The molecule has 0 fully saturated rings. The Morgan fingerprint density at radius 3 is 2.41 bits per heavy atom. The summed E-state index contributed by atoms with van der Waals surface area (Å²) in [5.74, 6) is 0.756. The van der Waals surface area contributed by atoms with Gasteiger partial charge in [0.05, 0.1) is 43.1 Å². The number of nitrogens with zero attached hydrogens (tertiary/aromatic N) is 3. The van der Waals surface area contributed by atoms with Crippen molar-refractivity contribution in [3.05, 3.63) is 69.0 Å². The Morgan fingerprint density at radius 1 is 1.03 bits per heavy atom. The number of hydrogen-bond acceptors (Lipinski definition) is 8. The Hall–Kier alpha value is -3.72. The van der Waals surface area contributed by atoms with E-state index in [9.17, 15) is 9.59 Å². The van der Waals surface area contributed by atoms with Crippen LogP contribution >= 0.6 is 11.3 Å². The lowest BCUT2D eigenvalue weighted by Gasteiger charge is -2.12. The van der Waals surface area contributed by atoms with Gasteiger partial charge in [0.15, 0.2) is 17.0 Å². The molecule has 9 heteroatoms. The second-order valence-corrected chi connectivity index (χ2v) is 8.18. The van der Waals surface area contributed by atoms with Crippen molar-refractivity contribution in [2.24, 2.45) is 0 Å². The van der Waals surface area contributed by atoms with Gasteiger partial charge in [0.25, 0.3) is 5.56 Å². The van der Waals surface area contributed by atoms with Crippen LogP contribution in [-0.2, 0) is 11.3 Å². The van der Waals surface area contributed by atoms with Crippen molar-refractivity contribution in [3.8, 4) is 22.8 Å². The fourth-order valence-electron chi connectivity index (χ4n) is 3.38. The van der Waals surface area contributed by atoms with Crippen LogP contribution in [0.15, 0.2) is 47.3 Å². The zero-order valence-corrected chi connectivity index (χ0v) is 18.9. The standard InChI is InChI=1S/C23H21N3O5S/c1-13-24-20-21(32-13)19(16-9-10-17(29-2)18(11-16)30-3)25-26(22(20)27)12-14-5-7-15(8-6-14)23(28)31-4/h5-11H,12H2,1-4H3. The number of aromatic nitrogens is 3. The van der Waals surface area contributed by atoms with Gasteiger partial charge >= 0.3 is 5.97 Å². The minimum atomic E-state index is -0.415. The van der Waals surface area contributed by atoms with Crippen LogP contribution < -0.4 is 15.0 Å². The maximum atomic E-state index is 13.1. The lowest BCUT2D eigenvalue weighted by Crippen LogP contribution is -2.24. The Labute approximate surface area is 188 Å². The summed E-state index contributed by atoms with van der Waals surface area (Å²) in [5.41, 5.74) is 2.78. The summed E-state index contributed by atoms with van der Waals surface area (Å²) in [7, 11) is 4.48. The number of carbonyl (C=O) groups is 1. The molecule has 0 aliphatic carbocycles. The summed E-state index contributed by atoms with van der Waals surface area (Å²) in [4.78, 5) is 29.2. The van der Waals surface area contributed by atoms with Crippen molar-refractivity contribution in [2.45, 2.75) is 13.5 Å². The van der Waals surface area contributed by atoms with E-state index in [1.807, 2.05) is 19.1 Å². The van der Waals surface area contributed by atoms with Crippen LogP contribution in [0.4, 0.5) is 0 Å². The van der Waals surface area contributed by atoms with Gasteiger partial charge in [-0.15, -0.1) is 11.3 Å². The molecular formula is C23H21N3O5S. The average Bonchev–Trinajstić information content (AvgIpc) is 3.22. The molecule has 2 heterocycles. The molecule has 164 valence electrons. The molecule has 4 rings (SSSR count). The third-order valence-corrected chi connectivity index (χ3v) is 5.95. The molecule has 0 spiro atoms. The number of aryl methyl sites for hydroxylation is 1. The van der Waals surface area contributed by atoms with Gasteiger partial charge in [-0.3, -0.25) is 4.79 Å². The summed E-state index contributed by atoms with van der Waals surface area (Å²) in [6, 6.07) is 12.4. The Bertz CT molecular complexity index is 1360. The largest absolute Gasteiger partial charge is 0.493 e. The third-order valence-electron chi connectivity index (χ3n) is 4.97. The maximum Gasteiger partial charge on any atom is 0.337 e. The number of esters is 1. The van der Waals surface area contributed by atoms with Crippen LogP contribution in [0.1, 0.15) is 20.9 Å². The molecule has 2 aromatic heterocycles. The summed E-state index contributed by atoms with van der Waals surface area (Å²) in [5, 5.41) is 5.45. The highest BCUT2D eigenvalue weighted by molar-refractivity contribution is 7.19. The van der Waals surface area contributed by atoms with Crippen LogP contribution in [-0.4, -0.2) is 42.1 Å². The number of rotatable bonds is 6. The van der Waals surface area contributed by atoms with Crippen LogP contribution in [0.5, 0.6) is 11.5 Å². The maximum absolute atomic E-state index is 13.1. The zero-order chi connectivity index (χ0) is 22.8. The molecule has 0 N–H and O–H groups in total. The first-order chi connectivity index (χ1) is 15.4. The highest BCUT2D eigenvalue weighted by Crippen LogP contribution is 2.35.